The molecule has 0 bridgehead atoms. The number of rotatable bonds is 21. The number of carboxylic acids is 1. The molecule has 0 aliphatic rings. The number of aliphatic carboxylic acids is 1. The van der Waals surface area contributed by atoms with E-state index in [1.165, 1.54) is 11.1 Å². The van der Waals surface area contributed by atoms with Crippen LogP contribution in [0.2, 0.25) is 0 Å². The van der Waals surface area contributed by atoms with Crippen LogP contribution in [0.1, 0.15) is 85.3 Å². The van der Waals surface area contributed by atoms with Crippen LogP contribution >= 0.6 is 23.5 Å². The van der Waals surface area contributed by atoms with Gasteiger partial charge in [0.1, 0.15) is 17.1 Å². The zero-order chi connectivity index (χ0) is 35.1. The molecule has 0 aliphatic carbocycles. The summed E-state index contributed by atoms with van der Waals surface area (Å²) in [5.74, 6) is 2.64. The Bertz CT molecular complexity index is 1210. The van der Waals surface area contributed by atoms with Crippen molar-refractivity contribution in [1.29, 1.82) is 0 Å². The summed E-state index contributed by atoms with van der Waals surface area (Å²) in [5.41, 5.74) is 1.85. The molecule has 2 aromatic carbocycles. The number of benzene rings is 2. The maximum absolute atomic E-state index is 13.5. The molecule has 0 aliphatic heterocycles. The van der Waals surface area contributed by atoms with Gasteiger partial charge in [0.05, 0.1) is 14.2 Å². The average molecular weight is 691 g/mol. The molecular formula is C37H58N2O6S2. The highest BCUT2D eigenvalue weighted by Crippen LogP contribution is 2.32. The van der Waals surface area contributed by atoms with Crippen molar-refractivity contribution in [2.45, 2.75) is 101 Å². The average Bonchev–Trinajstić information content (AvgIpc) is 3.00. The normalized spacial score (nSPS) is 12.2. The fourth-order valence-electron chi connectivity index (χ4n) is 4.97. The van der Waals surface area contributed by atoms with Crippen molar-refractivity contribution in [3.05, 3.63) is 59.7 Å². The van der Waals surface area contributed by atoms with E-state index in [0.29, 0.717) is 26.1 Å². The number of hydrogen-bond donors (Lipinski definition) is 1. The molecule has 0 atom stereocenters. The lowest BCUT2D eigenvalue weighted by Crippen LogP contribution is -2.48. The third kappa shape index (κ3) is 17.4. The first-order valence-corrected chi connectivity index (χ1v) is 18.4. The molecule has 0 aromatic heterocycles. The lowest BCUT2D eigenvalue weighted by molar-refractivity contribution is -0.137. The predicted molar refractivity (Wildman–Crippen MR) is 197 cm³/mol. The largest absolute Gasteiger partial charge is 0.497 e. The van der Waals surface area contributed by atoms with Gasteiger partial charge in [-0.25, -0.2) is 4.79 Å². The number of thioether (sulfide) groups is 2. The highest BCUT2D eigenvalue weighted by Gasteiger charge is 2.30. The Kier molecular flexibility index (Phi) is 16.8. The summed E-state index contributed by atoms with van der Waals surface area (Å²) in [6.07, 6.45) is 2.32. The molecule has 8 nitrogen and oxygen atoms in total. The monoisotopic (exact) mass is 690 g/mol. The van der Waals surface area contributed by atoms with E-state index in [0.717, 1.165) is 48.9 Å². The minimum Gasteiger partial charge on any atom is -0.497 e. The minimum atomic E-state index is -0.751. The number of carbonyl (C=O) groups is 2. The first-order chi connectivity index (χ1) is 22.0. The highest BCUT2D eigenvalue weighted by atomic mass is 32.2. The summed E-state index contributed by atoms with van der Waals surface area (Å²) in [6.45, 7) is 18.1. The molecule has 1 amide bonds. The van der Waals surface area contributed by atoms with Crippen LogP contribution in [0.15, 0.2) is 48.5 Å². The molecule has 264 valence electrons. The Morgan fingerprint density at radius 2 is 1.17 bits per heavy atom. The molecule has 0 saturated heterocycles. The van der Waals surface area contributed by atoms with E-state index < -0.39 is 11.6 Å². The fourth-order valence-corrected chi connectivity index (χ4v) is 6.99. The van der Waals surface area contributed by atoms with E-state index >= 15 is 0 Å². The van der Waals surface area contributed by atoms with E-state index in [9.17, 15) is 9.59 Å². The molecule has 2 aromatic rings. The van der Waals surface area contributed by atoms with Gasteiger partial charge in [-0.15, -0.1) is 23.5 Å². The smallest absolute Gasteiger partial charge is 0.410 e. The van der Waals surface area contributed by atoms with Crippen LogP contribution < -0.4 is 9.47 Å². The van der Waals surface area contributed by atoms with E-state index in [4.69, 9.17) is 19.3 Å². The molecule has 10 heteroatoms. The number of nitrogens with zero attached hydrogens (tertiary/aromatic N) is 2. The van der Waals surface area contributed by atoms with Crippen LogP contribution in [0, 0.1) is 0 Å². The Labute approximate surface area is 292 Å². The zero-order valence-electron chi connectivity index (χ0n) is 30.1. The van der Waals surface area contributed by atoms with Gasteiger partial charge in [-0.2, -0.15) is 0 Å². The number of carboxylic acid groups (broad SMARTS) is 1. The maximum Gasteiger partial charge on any atom is 0.410 e. The van der Waals surface area contributed by atoms with Gasteiger partial charge in [-0.1, -0.05) is 30.7 Å². The van der Waals surface area contributed by atoms with Crippen LogP contribution in [0.25, 0.3) is 0 Å². The van der Waals surface area contributed by atoms with Gasteiger partial charge in [0.25, 0.3) is 0 Å². The molecule has 2 rings (SSSR count). The Hall–Kier alpha value is -2.56. The van der Waals surface area contributed by atoms with Crippen molar-refractivity contribution in [2.75, 3.05) is 46.9 Å². The van der Waals surface area contributed by atoms with Gasteiger partial charge >= 0.3 is 12.1 Å². The first kappa shape index (κ1) is 40.6. The van der Waals surface area contributed by atoms with Crippen LogP contribution in [-0.4, -0.2) is 89.0 Å². The quantitative estimate of drug-likeness (QED) is 0.129. The zero-order valence-corrected chi connectivity index (χ0v) is 31.7. The Morgan fingerprint density at radius 1 is 0.681 bits per heavy atom. The van der Waals surface area contributed by atoms with Crippen molar-refractivity contribution in [2.24, 2.45) is 0 Å². The van der Waals surface area contributed by atoms with Crippen molar-refractivity contribution >= 4 is 35.6 Å². The number of amides is 1. The predicted octanol–water partition coefficient (Wildman–Crippen LogP) is 8.61. The van der Waals surface area contributed by atoms with Crippen LogP contribution in [-0.2, 0) is 21.0 Å². The summed E-state index contributed by atoms with van der Waals surface area (Å²) in [7, 11) is 3.34. The minimum absolute atomic E-state index is 0.0504. The van der Waals surface area contributed by atoms with E-state index in [1.807, 2.05) is 73.5 Å². The lowest BCUT2D eigenvalue weighted by Gasteiger charge is -2.37. The molecule has 47 heavy (non-hydrogen) atoms. The number of methoxy groups -OCH3 is 2. The van der Waals surface area contributed by atoms with E-state index in [1.54, 1.807) is 14.2 Å². The molecule has 0 spiro atoms. The number of carbonyl (C=O) groups excluding carboxylic acids is 1. The van der Waals surface area contributed by atoms with Crippen LogP contribution in [0.4, 0.5) is 4.79 Å². The fraction of sp³-hybridized carbons (Fsp3) is 0.622. The van der Waals surface area contributed by atoms with Crippen molar-refractivity contribution < 1.29 is 28.9 Å². The highest BCUT2D eigenvalue weighted by molar-refractivity contribution is 8.00. The summed E-state index contributed by atoms with van der Waals surface area (Å²) in [4.78, 5) is 28.9. The molecule has 0 radical (unpaired) electrons. The Morgan fingerprint density at radius 3 is 1.62 bits per heavy atom. The lowest BCUT2D eigenvalue weighted by atomic mass is 10.1. The second-order valence-corrected chi connectivity index (χ2v) is 17.5. The van der Waals surface area contributed by atoms with Gasteiger partial charge in [-0.05, 0) is 103 Å². The second kappa shape index (κ2) is 19.4. The molecule has 1 N–H and O–H groups in total. The first-order valence-electron chi connectivity index (χ1n) is 16.5. The van der Waals surface area contributed by atoms with Crippen molar-refractivity contribution in [3.8, 4) is 11.5 Å². The molecule has 0 heterocycles. The number of unbranched alkanes of at least 4 members (excludes halogenated alkanes) is 2. The SMILES string of the molecule is COc1ccc(CSC(C)(C)CN(CCCCCC(=O)O)CCN(CC(C)(C)SCc2ccc(OC)cc2)C(=O)OC(C)(C)C)cc1. The number of ether oxygens (including phenoxy) is 3. The summed E-state index contributed by atoms with van der Waals surface area (Å²) in [6, 6.07) is 16.3. The van der Waals surface area contributed by atoms with Gasteiger partial charge in [0.2, 0.25) is 0 Å². The third-order valence-electron chi connectivity index (χ3n) is 7.46. The van der Waals surface area contributed by atoms with Crippen molar-refractivity contribution in [3.63, 3.8) is 0 Å². The number of hydrogen-bond acceptors (Lipinski definition) is 8. The van der Waals surface area contributed by atoms with Gasteiger partial charge < -0.3 is 29.1 Å². The summed E-state index contributed by atoms with van der Waals surface area (Å²) >= 11 is 3.73. The van der Waals surface area contributed by atoms with E-state index in [-0.39, 0.29) is 22.0 Å². The topological polar surface area (TPSA) is 88.5 Å². The van der Waals surface area contributed by atoms with Crippen LogP contribution in [0.5, 0.6) is 11.5 Å². The molecule has 0 fully saturated rings. The van der Waals surface area contributed by atoms with Gasteiger partial charge in [-0.3, -0.25) is 4.79 Å². The molecule has 0 unspecified atom stereocenters. The van der Waals surface area contributed by atoms with Gasteiger partial charge in [0, 0.05) is 53.6 Å². The second-order valence-electron chi connectivity index (χ2n) is 14.2. The van der Waals surface area contributed by atoms with E-state index in [2.05, 4.69) is 56.9 Å². The molecule has 0 saturated carbocycles. The summed E-state index contributed by atoms with van der Waals surface area (Å²) in [5, 5.41) is 9.08. The van der Waals surface area contributed by atoms with Crippen molar-refractivity contribution in [1.82, 2.24) is 9.80 Å². The maximum atomic E-state index is 13.5. The standard InChI is InChI=1S/C37H58N2O6S2/c1-35(2,3)45-34(42)39(28-37(6,7)47-26-30-16-20-32(44-9)21-17-30)24-23-38(22-12-10-11-13-33(40)41)27-36(4,5)46-25-29-14-18-31(43-8)19-15-29/h14-21H,10-13,22-28H2,1-9H3,(H,40,41). The third-order valence-corrected chi connectivity index (χ3v) is 10.2. The molecular weight excluding hydrogens is 633 g/mol. The summed E-state index contributed by atoms with van der Waals surface area (Å²) < 4.78 is 16.2. The van der Waals surface area contributed by atoms with Gasteiger partial charge in [0.15, 0.2) is 0 Å². The van der Waals surface area contributed by atoms with Crippen LogP contribution in [0.3, 0.4) is 0 Å². The Balaban J connectivity index is 2.13.